The lowest BCUT2D eigenvalue weighted by Gasteiger charge is -2.05. The fourth-order valence-corrected chi connectivity index (χ4v) is 1.70. The van der Waals surface area contributed by atoms with E-state index in [1.54, 1.807) is 7.05 Å². The highest BCUT2D eigenvalue weighted by Crippen LogP contribution is 2.23. The molecule has 0 aliphatic rings. The summed E-state index contributed by atoms with van der Waals surface area (Å²) in [5, 5.41) is 25.2. The summed E-state index contributed by atoms with van der Waals surface area (Å²) < 4.78 is 1.41. The van der Waals surface area contributed by atoms with Crippen LogP contribution in [-0.4, -0.2) is 20.8 Å². The minimum absolute atomic E-state index is 0.0158. The van der Waals surface area contributed by atoms with Gasteiger partial charge in [0.1, 0.15) is 17.4 Å². The SMILES string of the molecule is Cn1cc(C#N)c(NC(=O)c2cc(Cl)ccc2O)n1. The molecule has 2 aromatic rings. The molecule has 0 bridgehead atoms. The number of carbonyl (C=O) groups excluding carboxylic acids is 1. The third-order valence-electron chi connectivity index (χ3n) is 2.38. The zero-order chi connectivity index (χ0) is 14.0. The Morgan fingerprint density at radius 3 is 3.00 bits per heavy atom. The lowest BCUT2D eigenvalue weighted by molar-refractivity contribution is 0.102. The molecule has 0 aliphatic carbocycles. The molecule has 1 aromatic carbocycles. The lowest BCUT2D eigenvalue weighted by atomic mass is 10.2. The first-order valence-corrected chi connectivity index (χ1v) is 5.62. The van der Waals surface area contributed by atoms with Gasteiger partial charge < -0.3 is 10.4 Å². The van der Waals surface area contributed by atoms with E-state index in [9.17, 15) is 9.90 Å². The topological polar surface area (TPSA) is 90.9 Å². The Kier molecular flexibility index (Phi) is 3.40. The van der Waals surface area contributed by atoms with Gasteiger partial charge in [-0.15, -0.1) is 0 Å². The molecule has 2 rings (SSSR count). The monoisotopic (exact) mass is 276 g/mol. The molecule has 0 saturated carbocycles. The predicted molar refractivity (Wildman–Crippen MR) is 69.0 cm³/mol. The Bertz CT molecular complexity index is 688. The number of aromatic nitrogens is 2. The molecule has 0 radical (unpaired) electrons. The summed E-state index contributed by atoms with van der Waals surface area (Å²) in [4.78, 5) is 12.0. The summed E-state index contributed by atoms with van der Waals surface area (Å²) in [6, 6.07) is 6.03. The molecule has 7 heteroatoms. The zero-order valence-corrected chi connectivity index (χ0v) is 10.6. The first-order chi connectivity index (χ1) is 9.01. The van der Waals surface area contributed by atoms with Crippen molar-refractivity contribution in [2.75, 3.05) is 5.32 Å². The van der Waals surface area contributed by atoms with Crippen LogP contribution in [0.5, 0.6) is 5.75 Å². The quantitative estimate of drug-likeness (QED) is 0.876. The Morgan fingerprint density at radius 1 is 1.58 bits per heavy atom. The Hall–Kier alpha value is -2.52. The van der Waals surface area contributed by atoms with Crippen molar-refractivity contribution in [2.24, 2.45) is 7.05 Å². The summed E-state index contributed by atoms with van der Waals surface area (Å²) >= 11 is 5.76. The summed E-state index contributed by atoms with van der Waals surface area (Å²) in [6.45, 7) is 0. The molecule has 1 heterocycles. The van der Waals surface area contributed by atoms with Crippen LogP contribution in [0.15, 0.2) is 24.4 Å². The van der Waals surface area contributed by atoms with Crippen molar-refractivity contribution in [1.29, 1.82) is 5.26 Å². The molecule has 0 spiro atoms. The van der Waals surface area contributed by atoms with Crippen molar-refractivity contribution in [3.8, 4) is 11.8 Å². The number of amides is 1. The minimum atomic E-state index is -0.588. The van der Waals surface area contributed by atoms with Crippen molar-refractivity contribution in [2.45, 2.75) is 0 Å². The second kappa shape index (κ2) is 5.00. The highest BCUT2D eigenvalue weighted by atomic mass is 35.5. The number of carbonyl (C=O) groups is 1. The highest BCUT2D eigenvalue weighted by molar-refractivity contribution is 6.31. The number of nitrogens with zero attached hydrogens (tertiary/aromatic N) is 3. The maximum Gasteiger partial charge on any atom is 0.260 e. The van der Waals surface area contributed by atoms with E-state index in [1.165, 1.54) is 29.1 Å². The second-order valence-electron chi connectivity index (χ2n) is 3.79. The van der Waals surface area contributed by atoms with Gasteiger partial charge in [-0.2, -0.15) is 10.4 Å². The standard InChI is InChI=1S/C12H9ClN4O2/c1-17-6-7(5-14)11(16-17)15-12(19)9-4-8(13)2-3-10(9)18/h2-4,6,18H,1H3,(H,15,16,19). The van der Waals surface area contributed by atoms with Crippen LogP contribution < -0.4 is 5.32 Å². The second-order valence-corrected chi connectivity index (χ2v) is 4.23. The Balaban J connectivity index is 2.31. The molecule has 96 valence electrons. The van der Waals surface area contributed by atoms with E-state index in [0.29, 0.717) is 5.02 Å². The van der Waals surface area contributed by atoms with Crippen molar-refractivity contribution in [1.82, 2.24) is 9.78 Å². The first kappa shape index (κ1) is 12.9. The van der Waals surface area contributed by atoms with E-state index in [2.05, 4.69) is 10.4 Å². The van der Waals surface area contributed by atoms with E-state index in [1.807, 2.05) is 6.07 Å². The van der Waals surface area contributed by atoms with E-state index in [0.717, 1.165) is 0 Å². The number of hydrogen-bond acceptors (Lipinski definition) is 4. The van der Waals surface area contributed by atoms with Gasteiger partial charge in [0, 0.05) is 18.3 Å². The first-order valence-electron chi connectivity index (χ1n) is 5.25. The van der Waals surface area contributed by atoms with Crippen molar-refractivity contribution >= 4 is 23.3 Å². The smallest absolute Gasteiger partial charge is 0.260 e. The number of rotatable bonds is 2. The predicted octanol–water partition coefficient (Wildman–Crippen LogP) is 1.90. The number of nitrogens with one attached hydrogen (secondary N) is 1. The number of phenolic OH excluding ortho intramolecular Hbond substituents is 1. The average molecular weight is 277 g/mol. The van der Waals surface area contributed by atoms with Gasteiger partial charge in [-0.25, -0.2) is 0 Å². The van der Waals surface area contributed by atoms with Crippen LogP contribution in [0.3, 0.4) is 0 Å². The van der Waals surface area contributed by atoms with E-state index < -0.39 is 5.91 Å². The molecule has 2 N–H and O–H groups in total. The van der Waals surface area contributed by atoms with Crippen LogP contribution in [0.2, 0.25) is 5.02 Å². The molecule has 0 atom stereocenters. The molecular weight excluding hydrogens is 268 g/mol. The largest absolute Gasteiger partial charge is 0.507 e. The molecule has 0 unspecified atom stereocenters. The third kappa shape index (κ3) is 2.67. The molecule has 0 saturated heterocycles. The molecule has 19 heavy (non-hydrogen) atoms. The minimum Gasteiger partial charge on any atom is -0.507 e. The Morgan fingerprint density at radius 2 is 2.32 bits per heavy atom. The number of halogens is 1. The number of benzene rings is 1. The molecule has 0 aliphatic heterocycles. The summed E-state index contributed by atoms with van der Waals surface area (Å²) in [6.07, 6.45) is 1.48. The molecule has 0 fully saturated rings. The fourth-order valence-electron chi connectivity index (χ4n) is 1.53. The van der Waals surface area contributed by atoms with Gasteiger partial charge in [-0.05, 0) is 18.2 Å². The zero-order valence-electron chi connectivity index (χ0n) is 9.88. The van der Waals surface area contributed by atoms with Crippen molar-refractivity contribution in [3.05, 3.63) is 40.5 Å². The number of nitriles is 1. The lowest BCUT2D eigenvalue weighted by Crippen LogP contribution is -2.13. The van der Waals surface area contributed by atoms with Crippen LogP contribution >= 0.6 is 11.6 Å². The molecule has 1 amide bonds. The van der Waals surface area contributed by atoms with Gasteiger partial charge in [0.25, 0.3) is 5.91 Å². The number of hydrogen-bond donors (Lipinski definition) is 2. The molecular formula is C12H9ClN4O2. The fraction of sp³-hybridized carbons (Fsp3) is 0.0833. The summed E-state index contributed by atoms with van der Waals surface area (Å²) in [5.41, 5.74) is 0.249. The Labute approximate surface area is 113 Å². The van der Waals surface area contributed by atoms with Crippen LogP contribution in [0.4, 0.5) is 5.82 Å². The van der Waals surface area contributed by atoms with E-state index >= 15 is 0 Å². The molecule has 1 aromatic heterocycles. The maximum absolute atomic E-state index is 12.0. The van der Waals surface area contributed by atoms with Crippen LogP contribution in [0.1, 0.15) is 15.9 Å². The number of phenols is 1. The van der Waals surface area contributed by atoms with Crippen molar-refractivity contribution < 1.29 is 9.90 Å². The van der Waals surface area contributed by atoms with Crippen molar-refractivity contribution in [3.63, 3.8) is 0 Å². The van der Waals surface area contributed by atoms with Crippen LogP contribution in [0.25, 0.3) is 0 Å². The summed E-state index contributed by atoms with van der Waals surface area (Å²) in [7, 11) is 1.63. The number of aromatic hydroxyl groups is 1. The normalized spacial score (nSPS) is 9.95. The number of anilines is 1. The average Bonchev–Trinajstić information content (AvgIpc) is 2.72. The highest BCUT2D eigenvalue weighted by Gasteiger charge is 2.15. The van der Waals surface area contributed by atoms with Gasteiger partial charge in [0.2, 0.25) is 0 Å². The van der Waals surface area contributed by atoms with Crippen LogP contribution in [0, 0.1) is 11.3 Å². The van der Waals surface area contributed by atoms with Gasteiger partial charge in [-0.3, -0.25) is 9.48 Å². The molecule has 6 nitrogen and oxygen atoms in total. The van der Waals surface area contributed by atoms with Gasteiger partial charge in [0.15, 0.2) is 5.82 Å². The third-order valence-corrected chi connectivity index (χ3v) is 2.62. The van der Waals surface area contributed by atoms with E-state index in [4.69, 9.17) is 16.9 Å². The van der Waals surface area contributed by atoms with Gasteiger partial charge in [-0.1, -0.05) is 11.6 Å². The van der Waals surface area contributed by atoms with Gasteiger partial charge in [0.05, 0.1) is 5.56 Å². The van der Waals surface area contributed by atoms with E-state index in [-0.39, 0.29) is 22.7 Å². The summed E-state index contributed by atoms with van der Waals surface area (Å²) in [5.74, 6) is -0.652. The maximum atomic E-state index is 12.0. The van der Waals surface area contributed by atoms with Crippen LogP contribution in [-0.2, 0) is 7.05 Å². The van der Waals surface area contributed by atoms with Gasteiger partial charge >= 0.3 is 0 Å². The number of aryl methyl sites for hydroxylation is 1.